The van der Waals surface area contributed by atoms with Gasteiger partial charge in [-0.1, -0.05) is 55.1 Å². The van der Waals surface area contributed by atoms with Crippen LogP contribution in [0.4, 0.5) is 11.4 Å². The summed E-state index contributed by atoms with van der Waals surface area (Å²) in [5.41, 5.74) is 4.68. The highest BCUT2D eigenvalue weighted by atomic mass is 35.5. The molecule has 0 bridgehead atoms. The van der Waals surface area contributed by atoms with Crippen LogP contribution < -0.4 is 10.6 Å². The predicted octanol–water partition coefficient (Wildman–Crippen LogP) is 5.39. The number of hydrogen-bond donors (Lipinski definition) is 2. The molecule has 1 saturated carbocycles. The second-order valence-corrected chi connectivity index (χ2v) is 9.01. The molecule has 4 nitrogen and oxygen atoms in total. The van der Waals surface area contributed by atoms with Gasteiger partial charge < -0.3 is 15.5 Å². The Bertz CT molecular complexity index is 884. The Morgan fingerprint density at radius 1 is 1.10 bits per heavy atom. The summed E-state index contributed by atoms with van der Waals surface area (Å²) in [7, 11) is 4.23. The molecule has 0 aromatic heterocycles. The molecule has 4 rings (SSSR count). The van der Waals surface area contributed by atoms with Crippen molar-refractivity contribution in [1.82, 2.24) is 10.2 Å². The van der Waals surface area contributed by atoms with Gasteiger partial charge in [0.1, 0.15) is 5.84 Å². The fraction of sp³-hybridized carbons (Fsp3) is 0.458. The first kappa shape index (κ1) is 20.2. The van der Waals surface area contributed by atoms with Crippen LogP contribution in [0.25, 0.3) is 0 Å². The van der Waals surface area contributed by atoms with Crippen molar-refractivity contribution < 1.29 is 0 Å². The smallest absolute Gasteiger partial charge is 0.128 e. The predicted molar refractivity (Wildman–Crippen MR) is 124 cm³/mol. The van der Waals surface area contributed by atoms with E-state index in [0.29, 0.717) is 0 Å². The molecule has 1 aliphatic carbocycles. The van der Waals surface area contributed by atoms with Crippen LogP contribution in [-0.4, -0.2) is 36.9 Å². The van der Waals surface area contributed by atoms with Crippen molar-refractivity contribution >= 4 is 28.8 Å². The van der Waals surface area contributed by atoms with Gasteiger partial charge >= 0.3 is 0 Å². The highest BCUT2D eigenvalue weighted by Gasteiger charge is 2.40. The van der Waals surface area contributed by atoms with E-state index in [1.807, 2.05) is 18.2 Å². The van der Waals surface area contributed by atoms with Crippen LogP contribution in [-0.2, 0) is 13.0 Å². The largest absolute Gasteiger partial charge is 0.371 e. The van der Waals surface area contributed by atoms with E-state index in [-0.39, 0.29) is 5.54 Å². The molecule has 0 amide bonds. The second kappa shape index (κ2) is 8.76. The maximum atomic E-state index is 6.18. The summed E-state index contributed by atoms with van der Waals surface area (Å²) >= 11 is 6.18. The molecule has 0 atom stereocenters. The van der Waals surface area contributed by atoms with Gasteiger partial charge in [0.25, 0.3) is 0 Å². The summed E-state index contributed by atoms with van der Waals surface area (Å²) < 4.78 is 0. The Labute approximate surface area is 179 Å². The molecule has 29 heavy (non-hydrogen) atoms. The first-order valence-corrected chi connectivity index (χ1v) is 11.1. The second-order valence-electron chi connectivity index (χ2n) is 8.58. The summed E-state index contributed by atoms with van der Waals surface area (Å²) in [4.78, 5) is 7.45. The fourth-order valence-corrected chi connectivity index (χ4v) is 4.68. The number of hydrogen-bond acceptors (Lipinski definition) is 4. The lowest BCUT2D eigenvalue weighted by molar-refractivity contribution is 0.396. The Balaban J connectivity index is 1.65. The van der Waals surface area contributed by atoms with Crippen molar-refractivity contribution in [3.05, 3.63) is 58.6 Å². The molecule has 5 heteroatoms. The molecule has 154 valence electrons. The van der Waals surface area contributed by atoms with Crippen LogP contribution >= 0.6 is 11.6 Å². The van der Waals surface area contributed by atoms with Gasteiger partial charge in [-0.15, -0.1) is 0 Å². The lowest BCUT2D eigenvalue weighted by Crippen LogP contribution is -2.54. The molecule has 1 fully saturated rings. The number of halogens is 1. The number of para-hydroxylation sites is 1. The van der Waals surface area contributed by atoms with Crippen LogP contribution in [0.5, 0.6) is 0 Å². The lowest BCUT2D eigenvalue weighted by Gasteiger charge is -2.43. The number of aliphatic imine (C=N–C) groups is 1. The topological polar surface area (TPSA) is 39.7 Å². The van der Waals surface area contributed by atoms with Gasteiger partial charge in [0.05, 0.1) is 16.9 Å². The van der Waals surface area contributed by atoms with Crippen LogP contribution in [0.15, 0.2) is 47.5 Å². The maximum Gasteiger partial charge on any atom is 0.128 e. The molecule has 2 N–H and O–H groups in total. The summed E-state index contributed by atoms with van der Waals surface area (Å²) in [6, 6.07) is 14.6. The minimum Gasteiger partial charge on any atom is -0.371 e. The molecular weight excluding hydrogens is 380 g/mol. The number of nitrogens with zero attached hydrogens (tertiary/aromatic N) is 2. The van der Waals surface area contributed by atoms with Crippen molar-refractivity contribution in [2.75, 3.05) is 26.0 Å². The summed E-state index contributed by atoms with van der Waals surface area (Å²) in [6.45, 7) is 1.75. The third-order valence-corrected chi connectivity index (χ3v) is 6.29. The maximum absolute atomic E-state index is 6.18. The molecule has 2 aliphatic rings. The minimum absolute atomic E-state index is 0.0794. The van der Waals surface area contributed by atoms with Gasteiger partial charge in [-0.3, -0.25) is 0 Å². The van der Waals surface area contributed by atoms with Crippen molar-refractivity contribution in [2.45, 2.75) is 50.6 Å². The third kappa shape index (κ3) is 4.59. The summed E-state index contributed by atoms with van der Waals surface area (Å²) in [5.74, 6) is 1.09. The van der Waals surface area contributed by atoms with E-state index in [0.717, 1.165) is 48.9 Å². The highest BCUT2D eigenvalue weighted by Crippen LogP contribution is 2.42. The first-order valence-electron chi connectivity index (χ1n) is 10.7. The number of fused-ring (bicyclic) bond motifs is 1. The van der Waals surface area contributed by atoms with Gasteiger partial charge in [0, 0.05) is 18.1 Å². The molecule has 2 aromatic carbocycles. The average molecular weight is 411 g/mol. The third-order valence-electron chi connectivity index (χ3n) is 6.05. The number of nitrogens with one attached hydrogen (secondary N) is 2. The highest BCUT2D eigenvalue weighted by molar-refractivity contribution is 6.30. The Kier molecular flexibility index (Phi) is 6.12. The molecule has 0 saturated heterocycles. The zero-order valence-electron chi connectivity index (χ0n) is 17.5. The van der Waals surface area contributed by atoms with Gasteiger partial charge in [-0.25, -0.2) is 4.99 Å². The van der Waals surface area contributed by atoms with Crippen LogP contribution in [0.3, 0.4) is 0 Å². The lowest BCUT2D eigenvalue weighted by atomic mass is 9.79. The van der Waals surface area contributed by atoms with E-state index in [9.17, 15) is 0 Å². The van der Waals surface area contributed by atoms with Crippen molar-refractivity contribution in [3.8, 4) is 0 Å². The Morgan fingerprint density at radius 2 is 1.90 bits per heavy atom. The standard InChI is InChI=1S/C24H31ClN4/c1-29(2)15-12-19-9-7-11-21-22(19)27-23(24(28-21)13-4-3-5-14-24)26-17-18-8-6-10-20(25)16-18/h6-11,16,28H,3-5,12-15,17H2,1-2H3,(H,26,27). The van der Waals surface area contributed by atoms with Crippen molar-refractivity contribution in [3.63, 3.8) is 0 Å². The van der Waals surface area contributed by atoms with Crippen molar-refractivity contribution in [1.29, 1.82) is 0 Å². The van der Waals surface area contributed by atoms with E-state index in [2.05, 4.69) is 53.9 Å². The van der Waals surface area contributed by atoms with Crippen LogP contribution in [0.2, 0.25) is 5.02 Å². The summed E-state index contributed by atoms with van der Waals surface area (Å²) in [6.07, 6.45) is 7.02. The van der Waals surface area contributed by atoms with E-state index in [4.69, 9.17) is 16.6 Å². The van der Waals surface area contributed by atoms with Gasteiger partial charge in [0.15, 0.2) is 0 Å². The van der Waals surface area contributed by atoms with Gasteiger partial charge in [0.2, 0.25) is 0 Å². The first-order chi connectivity index (χ1) is 14.1. The van der Waals surface area contributed by atoms with E-state index in [1.54, 1.807) is 0 Å². The zero-order valence-corrected chi connectivity index (χ0v) is 18.2. The molecular formula is C24H31ClN4. The Morgan fingerprint density at radius 3 is 2.66 bits per heavy atom. The minimum atomic E-state index is -0.0794. The zero-order chi connectivity index (χ0) is 20.3. The molecule has 1 spiro atoms. The van der Waals surface area contributed by atoms with Gasteiger partial charge in [-0.2, -0.15) is 0 Å². The monoisotopic (exact) mass is 410 g/mol. The average Bonchev–Trinajstić information content (AvgIpc) is 2.71. The van der Waals surface area contributed by atoms with Crippen LogP contribution in [0.1, 0.15) is 43.2 Å². The van der Waals surface area contributed by atoms with Crippen molar-refractivity contribution in [2.24, 2.45) is 4.99 Å². The quantitative estimate of drug-likeness (QED) is 0.693. The molecule has 1 aliphatic heterocycles. The summed E-state index contributed by atoms with van der Waals surface area (Å²) in [5, 5.41) is 8.36. The van der Waals surface area contributed by atoms with E-state index >= 15 is 0 Å². The SMILES string of the molecule is CN(C)CCc1cccc2c1N=C(NCc1cccc(Cl)c1)C1(CCCCC1)N2. The molecule has 2 aromatic rings. The fourth-order valence-electron chi connectivity index (χ4n) is 4.46. The normalized spacial score (nSPS) is 17.6. The Hall–Kier alpha value is -2.04. The number of benzene rings is 2. The van der Waals surface area contributed by atoms with E-state index in [1.165, 1.54) is 36.1 Å². The van der Waals surface area contributed by atoms with E-state index < -0.39 is 0 Å². The van der Waals surface area contributed by atoms with Crippen LogP contribution in [0, 0.1) is 0 Å². The number of amidine groups is 1. The van der Waals surface area contributed by atoms with Gasteiger partial charge in [-0.05, 0) is 62.7 Å². The molecule has 0 unspecified atom stereocenters. The number of likely N-dealkylation sites (N-methyl/N-ethyl adjacent to an activating group) is 1. The molecule has 1 heterocycles. The molecule has 0 radical (unpaired) electrons. The number of anilines is 1. The number of rotatable bonds is 5.